The van der Waals surface area contributed by atoms with E-state index in [2.05, 4.69) is 17.4 Å². The van der Waals surface area contributed by atoms with Crippen LogP contribution in [0.5, 0.6) is 11.5 Å². The molecule has 1 saturated heterocycles. The van der Waals surface area contributed by atoms with Crippen LogP contribution in [0, 0.1) is 0 Å². The molecule has 3 aromatic rings. The van der Waals surface area contributed by atoms with Crippen LogP contribution in [0.2, 0.25) is 0 Å². The maximum Gasteiger partial charge on any atom is 0.321 e. The Morgan fingerprint density at radius 2 is 2.00 bits per heavy atom. The molecule has 2 aromatic carbocycles. The minimum absolute atomic E-state index is 0.0830. The van der Waals surface area contributed by atoms with E-state index in [9.17, 15) is 4.79 Å². The Balaban J connectivity index is 1.37. The zero-order valence-electron chi connectivity index (χ0n) is 16.7. The van der Waals surface area contributed by atoms with Gasteiger partial charge in [-0.3, -0.25) is 0 Å². The average molecular weight is 412 g/mol. The van der Waals surface area contributed by atoms with Crippen LogP contribution in [-0.4, -0.2) is 42.7 Å². The molecule has 1 N–H and O–H groups in total. The normalized spacial score (nSPS) is 14.8. The first-order valence-corrected chi connectivity index (χ1v) is 10.7. The second-order valence-electron chi connectivity index (χ2n) is 7.01. The minimum Gasteiger partial charge on any atom is -0.493 e. The lowest BCUT2D eigenvalue weighted by Crippen LogP contribution is -2.40. The highest BCUT2D eigenvalue weighted by molar-refractivity contribution is 7.18. The van der Waals surface area contributed by atoms with Gasteiger partial charge in [-0.15, -0.1) is 11.3 Å². The minimum atomic E-state index is -0.0830. The highest BCUT2D eigenvalue weighted by Crippen LogP contribution is 2.34. The zero-order chi connectivity index (χ0) is 20.2. The number of carbonyl (C=O) groups is 1. The number of fused-ring (bicyclic) bond motifs is 1. The molecule has 0 atom stereocenters. The lowest BCUT2D eigenvalue weighted by Gasteiger charge is -2.31. The second-order valence-corrected chi connectivity index (χ2v) is 8.07. The molecular formula is C22H25N3O3S. The van der Waals surface area contributed by atoms with Crippen LogP contribution in [0.3, 0.4) is 0 Å². The van der Waals surface area contributed by atoms with Crippen molar-refractivity contribution in [1.82, 2.24) is 9.88 Å². The van der Waals surface area contributed by atoms with Gasteiger partial charge in [0.05, 0.1) is 28.9 Å². The molecule has 4 rings (SSSR count). The molecular weight excluding hydrogens is 386 g/mol. The van der Waals surface area contributed by atoms with Crippen molar-refractivity contribution < 1.29 is 14.3 Å². The largest absolute Gasteiger partial charge is 0.493 e. The van der Waals surface area contributed by atoms with E-state index in [0.29, 0.717) is 29.7 Å². The van der Waals surface area contributed by atoms with Gasteiger partial charge in [0.15, 0.2) is 11.5 Å². The third-order valence-corrected chi connectivity index (χ3v) is 6.36. The van der Waals surface area contributed by atoms with Crippen molar-refractivity contribution in [3.8, 4) is 11.5 Å². The molecule has 1 aliphatic rings. The first kappa shape index (κ1) is 19.5. The van der Waals surface area contributed by atoms with Crippen LogP contribution in [0.15, 0.2) is 42.5 Å². The van der Waals surface area contributed by atoms with Crippen molar-refractivity contribution >= 4 is 33.3 Å². The molecule has 1 aromatic heterocycles. The fourth-order valence-corrected chi connectivity index (χ4v) is 4.76. The number of nitrogens with zero attached hydrogens (tertiary/aromatic N) is 2. The smallest absolute Gasteiger partial charge is 0.321 e. The molecule has 2 amide bonds. The third-order valence-electron chi connectivity index (χ3n) is 5.16. The summed E-state index contributed by atoms with van der Waals surface area (Å²) in [6.45, 7) is 3.90. The van der Waals surface area contributed by atoms with E-state index >= 15 is 0 Å². The average Bonchev–Trinajstić information content (AvgIpc) is 3.19. The molecule has 152 valence electrons. The number of likely N-dealkylation sites (tertiary alicyclic amines) is 1. The Labute approximate surface area is 174 Å². The molecule has 0 bridgehead atoms. The van der Waals surface area contributed by atoms with Gasteiger partial charge >= 0.3 is 6.03 Å². The summed E-state index contributed by atoms with van der Waals surface area (Å²) >= 11 is 1.77. The molecule has 7 heteroatoms. The van der Waals surface area contributed by atoms with Gasteiger partial charge in [0.2, 0.25) is 0 Å². The van der Waals surface area contributed by atoms with Crippen LogP contribution >= 0.6 is 11.3 Å². The van der Waals surface area contributed by atoms with E-state index in [1.165, 1.54) is 9.71 Å². The topological polar surface area (TPSA) is 63.7 Å². The van der Waals surface area contributed by atoms with E-state index in [1.807, 2.05) is 30.0 Å². The van der Waals surface area contributed by atoms with Gasteiger partial charge in [0, 0.05) is 30.8 Å². The fraction of sp³-hybridized carbons (Fsp3) is 0.364. The Morgan fingerprint density at radius 1 is 1.21 bits per heavy atom. The van der Waals surface area contributed by atoms with Crippen LogP contribution in [0.1, 0.15) is 30.7 Å². The van der Waals surface area contributed by atoms with Crippen molar-refractivity contribution in [3.63, 3.8) is 0 Å². The summed E-state index contributed by atoms with van der Waals surface area (Å²) in [5.41, 5.74) is 1.77. The number of aromatic nitrogens is 1. The van der Waals surface area contributed by atoms with Gasteiger partial charge in [-0.2, -0.15) is 0 Å². The maximum absolute atomic E-state index is 12.7. The summed E-state index contributed by atoms with van der Waals surface area (Å²) in [6.07, 6.45) is 1.86. The van der Waals surface area contributed by atoms with Crippen LogP contribution in [-0.2, 0) is 0 Å². The van der Waals surface area contributed by atoms with E-state index in [-0.39, 0.29) is 6.03 Å². The van der Waals surface area contributed by atoms with Gasteiger partial charge in [0.25, 0.3) is 0 Å². The van der Waals surface area contributed by atoms with Gasteiger partial charge in [-0.05, 0) is 44.0 Å². The molecule has 0 aliphatic carbocycles. The van der Waals surface area contributed by atoms with Crippen molar-refractivity contribution in [2.75, 3.05) is 32.1 Å². The quantitative estimate of drug-likeness (QED) is 0.633. The monoisotopic (exact) mass is 411 g/mol. The van der Waals surface area contributed by atoms with Crippen molar-refractivity contribution in [2.24, 2.45) is 0 Å². The van der Waals surface area contributed by atoms with Crippen molar-refractivity contribution in [2.45, 2.75) is 25.7 Å². The lowest BCUT2D eigenvalue weighted by atomic mass is 9.98. The number of benzene rings is 2. The number of para-hydroxylation sites is 1. The number of rotatable bonds is 5. The summed E-state index contributed by atoms with van der Waals surface area (Å²) in [5, 5.41) is 4.16. The number of urea groups is 1. The number of carbonyl (C=O) groups excluding carboxylic acids is 1. The molecule has 0 unspecified atom stereocenters. The third kappa shape index (κ3) is 4.29. The van der Waals surface area contributed by atoms with E-state index in [1.54, 1.807) is 30.6 Å². The molecule has 0 radical (unpaired) electrons. The number of piperidine rings is 1. The van der Waals surface area contributed by atoms with Crippen LogP contribution in [0.4, 0.5) is 10.5 Å². The molecule has 0 spiro atoms. The van der Waals surface area contributed by atoms with Gasteiger partial charge < -0.3 is 19.7 Å². The molecule has 1 aliphatic heterocycles. The molecule has 2 heterocycles. The summed E-state index contributed by atoms with van der Waals surface area (Å²) in [6, 6.07) is 13.6. The van der Waals surface area contributed by atoms with Crippen LogP contribution in [0.25, 0.3) is 10.2 Å². The van der Waals surface area contributed by atoms with Crippen molar-refractivity contribution in [1.29, 1.82) is 0 Å². The van der Waals surface area contributed by atoms with Gasteiger partial charge in [-0.1, -0.05) is 12.1 Å². The Morgan fingerprint density at radius 3 is 2.72 bits per heavy atom. The SMILES string of the molecule is CCOc1cc(NC(=O)N2CCC(c3nc4ccccc4s3)CC2)ccc1OC. The first-order chi connectivity index (χ1) is 14.2. The number of nitrogens with one attached hydrogen (secondary N) is 1. The number of ether oxygens (including phenoxy) is 2. The predicted molar refractivity (Wildman–Crippen MR) is 116 cm³/mol. The molecule has 29 heavy (non-hydrogen) atoms. The summed E-state index contributed by atoms with van der Waals surface area (Å²) < 4.78 is 12.1. The summed E-state index contributed by atoms with van der Waals surface area (Å²) in [7, 11) is 1.60. The molecule has 6 nitrogen and oxygen atoms in total. The van der Waals surface area contributed by atoms with E-state index in [0.717, 1.165) is 31.4 Å². The highest BCUT2D eigenvalue weighted by atomic mass is 32.1. The number of methoxy groups -OCH3 is 1. The maximum atomic E-state index is 12.7. The molecule has 0 saturated carbocycles. The fourth-order valence-electron chi connectivity index (χ4n) is 3.62. The summed E-state index contributed by atoms with van der Waals surface area (Å²) in [5.74, 6) is 1.70. The Kier molecular flexibility index (Phi) is 5.85. The number of thiazole rings is 1. The summed E-state index contributed by atoms with van der Waals surface area (Å²) in [4.78, 5) is 19.4. The standard InChI is InChI=1S/C22H25N3O3S/c1-3-28-19-14-16(8-9-18(19)27-2)23-22(26)25-12-10-15(11-13-25)21-24-17-6-4-5-7-20(17)29-21/h4-9,14-15H,3,10-13H2,1-2H3,(H,23,26). The zero-order valence-corrected chi connectivity index (χ0v) is 17.5. The predicted octanol–water partition coefficient (Wildman–Crippen LogP) is 5.12. The molecule has 1 fully saturated rings. The Hall–Kier alpha value is -2.80. The van der Waals surface area contributed by atoms with Crippen LogP contribution < -0.4 is 14.8 Å². The highest BCUT2D eigenvalue weighted by Gasteiger charge is 2.26. The van der Waals surface area contributed by atoms with E-state index < -0.39 is 0 Å². The number of hydrogen-bond donors (Lipinski definition) is 1. The van der Waals surface area contributed by atoms with E-state index in [4.69, 9.17) is 14.5 Å². The lowest BCUT2D eigenvalue weighted by molar-refractivity contribution is 0.194. The Bertz CT molecular complexity index is 963. The van der Waals surface area contributed by atoms with Crippen molar-refractivity contribution in [3.05, 3.63) is 47.5 Å². The van der Waals surface area contributed by atoms with Gasteiger partial charge in [0.1, 0.15) is 0 Å². The number of hydrogen-bond acceptors (Lipinski definition) is 5. The number of amides is 2. The number of anilines is 1. The first-order valence-electron chi connectivity index (χ1n) is 9.90. The second kappa shape index (κ2) is 8.69. The van der Waals surface area contributed by atoms with Gasteiger partial charge in [-0.25, -0.2) is 9.78 Å².